The molecule has 0 bridgehead atoms. The first kappa shape index (κ1) is 16.5. The molecule has 0 saturated heterocycles. The van der Waals surface area contributed by atoms with Crippen molar-refractivity contribution in [2.75, 3.05) is 18.5 Å². The number of carbonyl (C=O) groups is 2. The summed E-state index contributed by atoms with van der Waals surface area (Å²) < 4.78 is 24.0. The highest BCUT2D eigenvalue weighted by Gasteiger charge is 2.22. The van der Waals surface area contributed by atoms with Gasteiger partial charge in [-0.15, -0.1) is 0 Å². The average molecular weight is 340 g/mol. The lowest BCUT2D eigenvalue weighted by Gasteiger charge is -2.21. The molecule has 0 spiro atoms. The van der Waals surface area contributed by atoms with Gasteiger partial charge in [0.1, 0.15) is 25.5 Å². The molecule has 1 amide bonds. The number of hydrogen-bond acceptors (Lipinski definition) is 5. The molecule has 126 valence electrons. The van der Waals surface area contributed by atoms with E-state index in [-0.39, 0.29) is 23.2 Å². The quantitative estimate of drug-likeness (QED) is 0.865. The van der Waals surface area contributed by atoms with Crippen LogP contribution in [-0.4, -0.2) is 24.9 Å². The molecule has 0 unspecified atom stereocenters. The Kier molecular flexibility index (Phi) is 4.61. The van der Waals surface area contributed by atoms with Crippen LogP contribution in [0.25, 0.3) is 0 Å². The predicted molar refractivity (Wildman–Crippen MR) is 86.1 cm³/mol. The predicted octanol–water partition coefficient (Wildman–Crippen LogP) is 2.68. The van der Waals surface area contributed by atoms with Gasteiger partial charge >= 0.3 is 0 Å². The first-order valence-corrected chi connectivity index (χ1v) is 7.49. The Hall–Kier alpha value is -3.40. The van der Waals surface area contributed by atoms with E-state index in [0.29, 0.717) is 24.7 Å². The number of amides is 1. The zero-order valence-electron chi connectivity index (χ0n) is 13.0. The molecular formula is C18H13FN2O4. The van der Waals surface area contributed by atoms with Crippen LogP contribution in [0, 0.1) is 17.1 Å². The Balaban J connectivity index is 2.03. The summed E-state index contributed by atoms with van der Waals surface area (Å²) in [5.74, 6) is -0.637. The van der Waals surface area contributed by atoms with E-state index >= 15 is 0 Å². The van der Waals surface area contributed by atoms with Crippen LogP contribution in [-0.2, 0) is 4.79 Å². The number of ketones is 1. The highest BCUT2D eigenvalue weighted by atomic mass is 19.1. The van der Waals surface area contributed by atoms with E-state index in [2.05, 4.69) is 5.32 Å². The number of nitrogens with one attached hydrogen (secondary N) is 1. The normalized spacial score (nSPS) is 12.2. The maximum atomic E-state index is 13.1. The number of nitrogens with zero attached hydrogens (tertiary/aromatic N) is 1. The summed E-state index contributed by atoms with van der Waals surface area (Å²) in [6.45, 7) is 0.696. The first-order chi connectivity index (χ1) is 12.1. The molecular weight excluding hydrogens is 327 g/mol. The Morgan fingerprint density at radius 2 is 1.76 bits per heavy atom. The van der Waals surface area contributed by atoms with Crippen LogP contribution < -0.4 is 14.8 Å². The van der Waals surface area contributed by atoms with E-state index in [1.807, 2.05) is 0 Å². The molecule has 1 aliphatic heterocycles. The van der Waals surface area contributed by atoms with E-state index in [9.17, 15) is 14.0 Å². The number of carbonyl (C=O) groups excluding carboxylic acids is 2. The fourth-order valence-electron chi connectivity index (χ4n) is 2.40. The SMILES string of the molecule is N#CCC(=O)Nc1cc2c(cc1C(=O)c1ccc(F)cc1)OCCO2. The molecule has 0 radical (unpaired) electrons. The van der Waals surface area contributed by atoms with Gasteiger partial charge in [0.05, 0.1) is 17.3 Å². The van der Waals surface area contributed by atoms with Crippen molar-refractivity contribution in [2.24, 2.45) is 0 Å². The summed E-state index contributed by atoms with van der Waals surface area (Å²) in [5.41, 5.74) is 0.634. The molecule has 0 aliphatic carbocycles. The summed E-state index contributed by atoms with van der Waals surface area (Å²) in [6.07, 6.45) is -0.349. The van der Waals surface area contributed by atoms with E-state index in [4.69, 9.17) is 14.7 Å². The van der Waals surface area contributed by atoms with Gasteiger partial charge in [-0.1, -0.05) is 0 Å². The van der Waals surface area contributed by atoms with Gasteiger partial charge in [0, 0.05) is 11.6 Å². The first-order valence-electron chi connectivity index (χ1n) is 7.49. The number of nitriles is 1. The Bertz CT molecular complexity index is 872. The van der Waals surface area contributed by atoms with Gasteiger partial charge in [0.2, 0.25) is 5.91 Å². The van der Waals surface area contributed by atoms with Gasteiger partial charge in [-0.05, 0) is 30.3 Å². The summed E-state index contributed by atoms with van der Waals surface area (Å²) in [5, 5.41) is 11.2. The Labute approximate surface area is 142 Å². The minimum Gasteiger partial charge on any atom is -0.486 e. The number of anilines is 1. The van der Waals surface area contributed by atoms with Gasteiger partial charge in [0.15, 0.2) is 17.3 Å². The fraction of sp³-hybridized carbons (Fsp3) is 0.167. The number of fused-ring (bicyclic) bond motifs is 1. The van der Waals surface area contributed by atoms with Crippen LogP contribution in [0.5, 0.6) is 11.5 Å². The van der Waals surface area contributed by atoms with Gasteiger partial charge in [-0.3, -0.25) is 9.59 Å². The van der Waals surface area contributed by atoms with Crippen molar-refractivity contribution in [3.8, 4) is 17.6 Å². The van der Waals surface area contributed by atoms with Crippen LogP contribution in [0.1, 0.15) is 22.3 Å². The number of ether oxygens (including phenoxy) is 2. The molecule has 7 heteroatoms. The number of rotatable bonds is 4. The summed E-state index contributed by atoms with van der Waals surface area (Å²) in [4.78, 5) is 24.5. The minimum absolute atomic E-state index is 0.169. The van der Waals surface area contributed by atoms with Crippen molar-refractivity contribution >= 4 is 17.4 Å². The molecule has 0 aromatic heterocycles. The summed E-state index contributed by atoms with van der Waals surface area (Å²) in [6, 6.07) is 9.78. The lowest BCUT2D eigenvalue weighted by molar-refractivity contribution is -0.115. The molecule has 2 aromatic carbocycles. The van der Waals surface area contributed by atoms with Crippen molar-refractivity contribution in [2.45, 2.75) is 6.42 Å². The molecule has 3 rings (SSSR count). The van der Waals surface area contributed by atoms with Crippen molar-refractivity contribution in [3.63, 3.8) is 0 Å². The highest BCUT2D eigenvalue weighted by Crippen LogP contribution is 2.36. The van der Waals surface area contributed by atoms with Crippen molar-refractivity contribution in [3.05, 3.63) is 53.3 Å². The Morgan fingerprint density at radius 3 is 2.40 bits per heavy atom. The van der Waals surface area contributed by atoms with Crippen LogP contribution in [0.15, 0.2) is 36.4 Å². The molecule has 1 N–H and O–H groups in total. The van der Waals surface area contributed by atoms with E-state index in [1.54, 1.807) is 6.07 Å². The van der Waals surface area contributed by atoms with E-state index in [0.717, 1.165) is 0 Å². The van der Waals surface area contributed by atoms with E-state index < -0.39 is 17.5 Å². The topological polar surface area (TPSA) is 88.4 Å². The zero-order valence-corrected chi connectivity index (χ0v) is 13.0. The maximum Gasteiger partial charge on any atom is 0.238 e. The third-order valence-corrected chi connectivity index (χ3v) is 3.55. The third kappa shape index (κ3) is 3.58. The second-order valence-corrected chi connectivity index (χ2v) is 5.26. The lowest BCUT2D eigenvalue weighted by Crippen LogP contribution is -2.19. The molecule has 1 aliphatic rings. The van der Waals surface area contributed by atoms with Crippen LogP contribution >= 0.6 is 0 Å². The van der Waals surface area contributed by atoms with Crippen LogP contribution in [0.4, 0.5) is 10.1 Å². The maximum absolute atomic E-state index is 13.1. The van der Waals surface area contributed by atoms with E-state index in [1.165, 1.54) is 36.4 Å². The van der Waals surface area contributed by atoms with Crippen molar-refractivity contribution in [1.82, 2.24) is 0 Å². The molecule has 25 heavy (non-hydrogen) atoms. The zero-order chi connectivity index (χ0) is 17.8. The summed E-state index contributed by atoms with van der Waals surface area (Å²) in [7, 11) is 0. The number of halogens is 1. The molecule has 0 fully saturated rings. The largest absolute Gasteiger partial charge is 0.486 e. The number of hydrogen-bond donors (Lipinski definition) is 1. The van der Waals surface area contributed by atoms with Crippen LogP contribution in [0.3, 0.4) is 0 Å². The van der Waals surface area contributed by atoms with Gasteiger partial charge in [-0.2, -0.15) is 5.26 Å². The monoisotopic (exact) mass is 340 g/mol. The summed E-state index contributed by atoms with van der Waals surface area (Å²) >= 11 is 0. The highest BCUT2D eigenvalue weighted by molar-refractivity contribution is 6.14. The van der Waals surface area contributed by atoms with Crippen molar-refractivity contribution < 1.29 is 23.5 Å². The van der Waals surface area contributed by atoms with Gasteiger partial charge in [0.25, 0.3) is 0 Å². The van der Waals surface area contributed by atoms with Crippen LogP contribution in [0.2, 0.25) is 0 Å². The molecule has 0 saturated carbocycles. The van der Waals surface area contributed by atoms with Gasteiger partial charge in [-0.25, -0.2) is 4.39 Å². The van der Waals surface area contributed by atoms with Gasteiger partial charge < -0.3 is 14.8 Å². The smallest absolute Gasteiger partial charge is 0.238 e. The Morgan fingerprint density at radius 1 is 1.12 bits per heavy atom. The molecule has 0 atom stereocenters. The molecule has 6 nitrogen and oxygen atoms in total. The average Bonchev–Trinajstić information content (AvgIpc) is 2.61. The number of benzene rings is 2. The van der Waals surface area contributed by atoms with Crippen molar-refractivity contribution in [1.29, 1.82) is 5.26 Å². The fourth-order valence-corrected chi connectivity index (χ4v) is 2.40. The lowest BCUT2D eigenvalue weighted by atomic mass is 10.0. The molecule has 1 heterocycles. The minimum atomic E-state index is -0.549. The third-order valence-electron chi connectivity index (χ3n) is 3.55. The second kappa shape index (κ2) is 7.01. The second-order valence-electron chi connectivity index (χ2n) is 5.26. The molecule has 2 aromatic rings. The standard InChI is InChI=1S/C18H13FN2O4/c19-12-3-1-11(2-4-12)18(23)13-9-15-16(25-8-7-24-15)10-14(13)21-17(22)5-6-20/h1-4,9-10H,5,7-8H2,(H,21,22).